The van der Waals surface area contributed by atoms with E-state index in [9.17, 15) is 14.4 Å². The Hall–Kier alpha value is -4.69. The molecular formula is C33H40N8O3. The maximum atomic E-state index is 13.6. The topological polar surface area (TPSA) is 141 Å². The van der Waals surface area contributed by atoms with Gasteiger partial charge < -0.3 is 25.4 Å². The third kappa shape index (κ3) is 8.02. The lowest BCUT2D eigenvalue weighted by Crippen LogP contribution is -2.60. The summed E-state index contributed by atoms with van der Waals surface area (Å²) in [6, 6.07) is 18.7. The van der Waals surface area contributed by atoms with Gasteiger partial charge in [-0.3, -0.25) is 14.5 Å². The number of nitrogens with one attached hydrogen (secondary N) is 1. The van der Waals surface area contributed by atoms with Crippen molar-refractivity contribution in [2.45, 2.75) is 44.8 Å². The highest BCUT2D eigenvalue weighted by molar-refractivity contribution is 5.88. The van der Waals surface area contributed by atoms with Gasteiger partial charge in [-0.05, 0) is 42.0 Å². The van der Waals surface area contributed by atoms with Crippen molar-refractivity contribution in [1.82, 2.24) is 29.6 Å². The number of primary amides is 1. The first kappa shape index (κ1) is 30.8. The molecule has 2 saturated heterocycles. The van der Waals surface area contributed by atoms with Crippen LogP contribution in [-0.2, 0) is 29.1 Å². The van der Waals surface area contributed by atoms with Crippen LogP contribution < -0.4 is 11.1 Å². The smallest absolute Gasteiger partial charge is 0.314 e. The summed E-state index contributed by atoms with van der Waals surface area (Å²) in [6.07, 6.45) is 5.99. The predicted octanol–water partition coefficient (Wildman–Crippen LogP) is 2.36. The summed E-state index contributed by atoms with van der Waals surface area (Å²) in [5.74, 6) is 0.000831. The fraction of sp³-hybridized carbons (Fsp3) is 0.424. The molecule has 0 unspecified atom stereocenters. The Bertz CT molecular complexity index is 1460. The van der Waals surface area contributed by atoms with Gasteiger partial charge in [0.25, 0.3) is 0 Å². The Kier molecular flexibility index (Phi) is 10.2. The lowest BCUT2D eigenvalue weighted by molar-refractivity contribution is -0.145. The highest BCUT2D eigenvalue weighted by Gasteiger charge is 2.36. The molecule has 230 valence electrons. The van der Waals surface area contributed by atoms with Crippen LogP contribution in [0.25, 0.3) is 0 Å². The van der Waals surface area contributed by atoms with Crippen LogP contribution in [0.4, 0.5) is 4.79 Å². The molecule has 2 aromatic carbocycles. The Morgan fingerprint density at radius 1 is 0.955 bits per heavy atom. The third-order valence-electron chi connectivity index (χ3n) is 8.64. The van der Waals surface area contributed by atoms with Gasteiger partial charge in [-0.2, -0.15) is 5.26 Å². The minimum atomic E-state index is -0.589. The van der Waals surface area contributed by atoms with Crippen LogP contribution in [0.1, 0.15) is 41.6 Å². The maximum Gasteiger partial charge on any atom is 0.314 e. The van der Waals surface area contributed by atoms with E-state index in [0.717, 1.165) is 24.1 Å². The molecule has 0 radical (unpaired) electrons. The zero-order chi connectivity index (χ0) is 30.9. The van der Waals surface area contributed by atoms with E-state index in [4.69, 9.17) is 11.0 Å². The molecule has 3 heterocycles. The monoisotopic (exact) mass is 596 g/mol. The zero-order valence-corrected chi connectivity index (χ0v) is 25.0. The van der Waals surface area contributed by atoms with Crippen molar-refractivity contribution in [2.75, 3.05) is 39.3 Å². The molecule has 0 spiro atoms. The molecule has 1 aromatic heterocycles. The first-order valence-corrected chi connectivity index (χ1v) is 15.3. The fourth-order valence-corrected chi connectivity index (χ4v) is 6.08. The second-order valence-electron chi connectivity index (χ2n) is 11.7. The van der Waals surface area contributed by atoms with E-state index in [2.05, 4.69) is 33.4 Å². The van der Waals surface area contributed by atoms with Crippen LogP contribution in [0.3, 0.4) is 0 Å². The van der Waals surface area contributed by atoms with E-state index in [1.807, 2.05) is 34.9 Å². The highest BCUT2D eigenvalue weighted by atomic mass is 16.2. The lowest BCUT2D eigenvalue weighted by atomic mass is 9.92. The van der Waals surface area contributed by atoms with Crippen LogP contribution in [0.2, 0.25) is 0 Å². The summed E-state index contributed by atoms with van der Waals surface area (Å²) >= 11 is 0. The maximum absolute atomic E-state index is 13.6. The van der Waals surface area contributed by atoms with Gasteiger partial charge >= 0.3 is 6.03 Å². The van der Waals surface area contributed by atoms with Crippen molar-refractivity contribution in [3.05, 3.63) is 89.5 Å². The molecule has 4 amide bonds. The normalized spacial score (nSPS) is 17.7. The van der Waals surface area contributed by atoms with Crippen molar-refractivity contribution in [3.63, 3.8) is 0 Å². The molecule has 3 aromatic rings. The summed E-state index contributed by atoms with van der Waals surface area (Å²) < 4.78 is 2.04. The van der Waals surface area contributed by atoms with Gasteiger partial charge in [-0.1, -0.05) is 42.5 Å². The number of hydrogen-bond donors (Lipinski definition) is 2. The molecule has 0 saturated carbocycles. The number of benzene rings is 2. The van der Waals surface area contributed by atoms with Gasteiger partial charge in [0.15, 0.2) is 0 Å². The predicted molar refractivity (Wildman–Crippen MR) is 165 cm³/mol. The largest absolute Gasteiger partial charge is 0.354 e. The van der Waals surface area contributed by atoms with E-state index in [1.54, 1.807) is 34.5 Å². The number of nitriles is 1. The van der Waals surface area contributed by atoms with Crippen LogP contribution in [0.15, 0.2) is 67.1 Å². The Balaban J connectivity index is 1.20. The number of nitrogens with zero attached hydrogens (tertiary/aromatic N) is 6. The van der Waals surface area contributed by atoms with Crippen molar-refractivity contribution in [3.8, 4) is 6.07 Å². The second kappa shape index (κ2) is 14.7. The van der Waals surface area contributed by atoms with Crippen molar-refractivity contribution >= 4 is 17.8 Å². The number of aromatic nitrogens is 2. The van der Waals surface area contributed by atoms with Crippen LogP contribution >= 0.6 is 0 Å². The molecule has 0 aliphatic carbocycles. The van der Waals surface area contributed by atoms with Gasteiger partial charge in [-0.15, -0.1) is 0 Å². The average molecular weight is 597 g/mol. The third-order valence-corrected chi connectivity index (χ3v) is 8.64. The van der Waals surface area contributed by atoms with E-state index in [0.29, 0.717) is 70.8 Å². The van der Waals surface area contributed by atoms with Gasteiger partial charge in [0.2, 0.25) is 11.8 Å². The number of hydrogen-bond acceptors (Lipinski definition) is 6. The number of urea groups is 1. The summed E-state index contributed by atoms with van der Waals surface area (Å²) in [5, 5.41) is 12.1. The standard InChI is InChI=1S/C33H40N8O3/c34-19-26-6-8-28(9-7-26)22-40-24-36-20-29(40)10-13-37-32(43)30-23-38(21-27-4-2-1-3-5-27)16-17-41(30)31(42)18-25-11-14-39(15-12-25)33(35)44/h1-9,20,24-25,30H,10-18,21-23H2,(H2,35,44)(H,37,43)/t30-/m1/s1. The number of piperidine rings is 1. The van der Waals surface area contributed by atoms with Gasteiger partial charge in [-0.25, -0.2) is 9.78 Å². The van der Waals surface area contributed by atoms with Crippen molar-refractivity contribution in [1.29, 1.82) is 5.26 Å². The first-order valence-electron chi connectivity index (χ1n) is 15.3. The second-order valence-corrected chi connectivity index (χ2v) is 11.7. The first-order chi connectivity index (χ1) is 21.4. The molecule has 2 aliphatic heterocycles. The fourth-order valence-electron chi connectivity index (χ4n) is 6.08. The molecule has 2 fully saturated rings. The molecule has 1 atom stereocenters. The van der Waals surface area contributed by atoms with Crippen LogP contribution in [0, 0.1) is 17.2 Å². The molecule has 5 rings (SSSR count). The number of likely N-dealkylation sites (tertiary alicyclic amines) is 1. The number of piperazine rings is 1. The molecule has 3 N–H and O–H groups in total. The molecule has 0 bridgehead atoms. The van der Waals surface area contributed by atoms with Gasteiger partial charge in [0.05, 0.1) is 18.0 Å². The Morgan fingerprint density at radius 3 is 2.39 bits per heavy atom. The molecule has 2 aliphatic rings. The summed E-state index contributed by atoms with van der Waals surface area (Å²) in [5.41, 5.74) is 9.25. The number of amides is 4. The van der Waals surface area contributed by atoms with Gasteiger partial charge in [0.1, 0.15) is 6.04 Å². The number of rotatable bonds is 10. The summed E-state index contributed by atoms with van der Waals surface area (Å²) in [7, 11) is 0. The summed E-state index contributed by atoms with van der Waals surface area (Å²) in [6.45, 7) is 4.51. The van der Waals surface area contributed by atoms with Crippen molar-refractivity contribution in [2.24, 2.45) is 11.7 Å². The Labute approximate surface area is 258 Å². The van der Waals surface area contributed by atoms with E-state index >= 15 is 0 Å². The lowest BCUT2D eigenvalue weighted by Gasteiger charge is -2.41. The number of nitrogens with two attached hydrogens (primary N) is 1. The minimum Gasteiger partial charge on any atom is -0.354 e. The van der Waals surface area contributed by atoms with E-state index in [-0.39, 0.29) is 17.7 Å². The van der Waals surface area contributed by atoms with E-state index < -0.39 is 12.1 Å². The SMILES string of the molecule is N#Cc1ccc(Cn2cncc2CCNC(=O)[C@H]2CN(Cc3ccccc3)CCN2C(=O)CC2CCN(C(N)=O)CC2)cc1. The molecule has 11 heteroatoms. The minimum absolute atomic E-state index is 0.0115. The van der Waals surface area contributed by atoms with Crippen molar-refractivity contribution < 1.29 is 14.4 Å². The zero-order valence-electron chi connectivity index (χ0n) is 25.0. The number of carbonyl (C=O) groups is 3. The Morgan fingerprint density at radius 2 is 1.68 bits per heavy atom. The van der Waals surface area contributed by atoms with Crippen LogP contribution in [0.5, 0.6) is 0 Å². The van der Waals surface area contributed by atoms with Gasteiger partial charge in [0, 0.05) is 77.1 Å². The molecular weight excluding hydrogens is 556 g/mol. The van der Waals surface area contributed by atoms with E-state index in [1.165, 1.54) is 5.56 Å². The molecule has 11 nitrogen and oxygen atoms in total. The van der Waals surface area contributed by atoms with Crippen LogP contribution in [-0.4, -0.2) is 87.4 Å². The molecule has 44 heavy (non-hydrogen) atoms. The summed E-state index contributed by atoms with van der Waals surface area (Å²) in [4.78, 5) is 48.6. The number of imidazole rings is 1. The average Bonchev–Trinajstić information content (AvgIpc) is 3.48. The number of carbonyl (C=O) groups excluding carboxylic acids is 3. The quantitative estimate of drug-likeness (QED) is 0.368. The highest BCUT2D eigenvalue weighted by Crippen LogP contribution is 2.23.